The zero-order valence-corrected chi connectivity index (χ0v) is 9.38. The first-order chi connectivity index (χ1) is 7.09. The van der Waals surface area contributed by atoms with E-state index in [0.717, 1.165) is 25.7 Å². The van der Waals surface area contributed by atoms with Crippen molar-refractivity contribution in [2.75, 3.05) is 6.54 Å². The van der Waals surface area contributed by atoms with E-state index < -0.39 is 5.54 Å². The number of urea groups is 1. The van der Waals surface area contributed by atoms with Crippen LogP contribution in [0.3, 0.4) is 0 Å². The van der Waals surface area contributed by atoms with E-state index in [0.29, 0.717) is 12.5 Å². The number of imide groups is 1. The van der Waals surface area contributed by atoms with Gasteiger partial charge in [0, 0.05) is 6.54 Å². The van der Waals surface area contributed by atoms with Crippen LogP contribution in [-0.2, 0) is 4.79 Å². The molecule has 1 N–H and O–H groups in total. The van der Waals surface area contributed by atoms with Gasteiger partial charge in [-0.1, -0.05) is 13.3 Å². The fourth-order valence-corrected chi connectivity index (χ4v) is 2.17. The number of hydrogen-bond acceptors (Lipinski definition) is 2. The van der Waals surface area contributed by atoms with Crippen LogP contribution in [0.1, 0.15) is 39.5 Å². The summed E-state index contributed by atoms with van der Waals surface area (Å²) < 4.78 is 0. The Morgan fingerprint density at radius 2 is 2.13 bits per heavy atom. The summed E-state index contributed by atoms with van der Waals surface area (Å²) in [6.07, 6.45) is 4.01. The zero-order valence-electron chi connectivity index (χ0n) is 9.38. The Balaban J connectivity index is 2.08. The average molecular weight is 210 g/mol. The molecule has 0 bridgehead atoms. The Bertz CT molecular complexity index is 299. The first-order valence-electron chi connectivity index (χ1n) is 5.73. The number of carbonyl (C=O) groups is 2. The van der Waals surface area contributed by atoms with Crippen LogP contribution in [0.4, 0.5) is 4.79 Å². The summed E-state index contributed by atoms with van der Waals surface area (Å²) in [4.78, 5) is 25.1. The summed E-state index contributed by atoms with van der Waals surface area (Å²) >= 11 is 0. The predicted octanol–water partition coefficient (Wildman–Crippen LogP) is 1.51. The lowest BCUT2D eigenvalue weighted by atomic mass is 9.96. The van der Waals surface area contributed by atoms with Crippen LogP contribution >= 0.6 is 0 Å². The van der Waals surface area contributed by atoms with Crippen molar-refractivity contribution in [1.29, 1.82) is 0 Å². The molecule has 0 radical (unpaired) electrons. The molecule has 1 atom stereocenters. The lowest BCUT2D eigenvalue weighted by molar-refractivity contribution is -0.131. The molecule has 0 spiro atoms. The van der Waals surface area contributed by atoms with Crippen molar-refractivity contribution >= 4 is 11.9 Å². The normalized spacial score (nSPS) is 30.9. The van der Waals surface area contributed by atoms with Crippen molar-refractivity contribution in [1.82, 2.24) is 10.2 Å². The molecule has 0 aromatic heterocycles. The lowest BCUT2D eigenvalue weighted by Gasteiger charge is -2.20. The van der Waals surface area contributed by atoms with Gasteiger partial charge in [-0.15, -0.1) is 0 Å². The van der Waals surface area contributed by atoms with Gasteiger partial charge in [0.15, 0.2) is 0 Å². The molecule has 0 aromatic rings. The van der Waals surface area contributed by atoms with E-state index in [1.165, 1.54) is 4.90 Å². The summed E-state index contributed by atoms with van der Waals surface area (Å²) in [6, 6.07) is -0.206. The Morgan fingerprint density at radius 1 is 1.47 bits per heavy atom. The number of rotatable bonds is 4. The number of nitrogens with zero attached hydrogens (tertiary/aromatic N) is 1. The zero-order chi connectivity index (χ0) is 11.1. The van der Waals surface area contributed by atoms with Gasteiger partial charge in [-0.25, -0.2) is 4.79 Å². The molecule has 2 aliphatic rings. The average Bonchev–Trinajstić information content (AvgIpc) is 2.98. The molecular weight excluding hydrogens is 192 g/mol. The number of unbranched alkanes of at least 4 members (excludes halogenated alkanes) is 1. The van der Waals surface area contributed by atoms with Gasteiger partial charge in [-0.05, 0) is 32.1 Å². The second-order valence-electron chi connectivity index (χ2n) is 4.72. The van der Waals surface area contributed by atoms with E-state index in [2.05, 4.69) is 12.2 Å². The monoisotopic (exact) mass is 210 g/mol. The number of nitrogens with one attached hydrogen (secondary N) is 1. The van der Waals surface area contributed by atoms with Gasteiger partial charge in [-0.2, -0.15) is 0 Å². The smallest absolute Gasteiger partial charge is 0.323 e. The number of carbonyl (C=O) groups excluding carboxylic acids is 2. The largest absolute Gasteiger partial charge is 0.325 e. The molecule has 1 aliphatic carbocycles. The fourth-order valence-electron chi connectivity index (χ4n) is 2.17. The molecule has 1 unspecified atom stereocenters. The van der Waals surface area contributed by atoms with Crippen molar-refractivity contribution in [3.05, 3.63) is 0 Å². The summed E-state index contributed by atoms with van der Waals surface area (Å²) in [7, 11) is 0. The summed E-state index contributed by atoms with van der Waals surface area (Å²) in [5.41, 5.74) is -0.606. The molecule has 84 valence electrons. The van der Waals surface area contributed by atoms with Crippen LogP contribution in [0.2, 0.25) is 0 Å². The third-order valence-electron chi connectivity index (χ3n) is 3.43. The molecule has 1 heterocycles. The summed E-state index contributed by atoms with van der Waals surface area (Å²) in [5, 5.41) is 2.84. The highest BCUT2D eigenvalue weighted by Crippen LogP contribution is 2.42. The third kappa shape index (κ3) is 1.62. The van der Waals surface area contributed by atoms with Gasteiger partial charge < -0.3 is 5.32 Å². The minimum absolute atomic E-state index is 0.0246. The summed E-state index contributed by atoms with van der Waals surface area (Å²) in [5.74, 6) is 0.337. The first kappa shape index (κ1) is 10.5. The highest BCUT2D eigenvalue weighted by Gasteiger charge is 2.55. The van der Waals surface area contributed by atoms with Gasteiger partial charge in [0.25, 0.3) is 5.91 Å². The van der Waals surface area contributed by atoms with E-state index in [-0.39, 0.29) is 11.9 Å². The van der Waals surface area contributed by atoms with E-state index in [1.807, 2.05) is 6.92 Å². The Labute approximate surface area is 90.0 Å². The minimum Gasteiger partial charge on any atom is -0.323 e. The summed E-state index contributed by atoms with van der Waals surface area (Å²) in [6.45, 7) is 4.47. The Kier molecular flexibility index (Phi) is 2.44. The quantitative estimate of drug-likeness (QED) is 0.715. The Hall–Kier alpha value is -1.06. The molecule has 4 nitrogen and oxygen atoms in total. The highest BCUT2D eigenvalue weighted by atomic mass is 16.2. The molecule has 2 fully saturated rings. The molecule has 1 aliphatic heterocycles. The van der Waals surface area contributed by atoms with Gasteiger partial charge in [0.2, 0.25) is 0 Å². The second kappa shape index (κ2) is 3.51. The topological polar surface area (TPSA) is 49.4 Å². The van der Waals surface area contributed by atoms with E-state index in [9.17, 15) is 9.59 Å². The standard InChI is InChI=1S/C11H18N2O2/c1-3-4-7-13-9(14)11(2,8-5-6-8)12-10(13)15/h8H,3-7H2,1-2H3,(H,12,15). The third-order valence-corrected chi connectivity index (χ3v) is 3.43. The first-order valence-corrected chi connectivity index (χ1v) is 5.73. The molecule has 4 heteroatoms. The maximum absolute atomic E-state index is 12.1. The van der Waals surface area contributed by atoms with Crippen LogP contribution in [0.15, 0.2) is 0 Å². The van der Waals surface area contributed by atoms with Crippen molar-refractivity contribution in [2.45, 2.75) is 45.1 Å². The molecule has 0 aromatic carbocycles. The van der Waals surface area contributed by atoms with Gasteiger partial charge in [0.1, 0.15) is 5.54 Å². The van der Waals surface area contributed by atoms with E-state index in [4.69, 9.17) is 0 Å². The van der Waals surface area contributed by atoms with Crippen LogP contribution < -0.4 is 5.32 Å². The maximum Gasteiger partial charge on any atom is 0.325 e. The minimum atomic E-state index is -0.606. The van der Waals surface area contributed by atoms with Crippen LogP contribution in [0, 0.1) is 5.92 Å². The van der Waals surface area contributed by atoms with E-state index in [1.54, 1.807) is 0 Å². The molecule has 15 heavy (non-hydrogen) atoms. The van der Waals surface area contributed by atoms with E-state index >= 15 is 0 Å². The molecular formula is C11H18N2O2. The molecule has 3 amide bonds. The second-order valence-corrected chi connectivity index (χ2v) is 4.72. The van der Waals surface area contributed by atoms with Crippen molar-refractivity contribution in [3.63, 3.8) is 0 Å². The van der Waals surface area contributed by atoms with Crippen molar-refractivity contribution < 1.29 is 9.59 Å². The molecule has 1 saturated carbocycles. The van der Waals surface area contributed by atoms with Gasteiger partial charge in [0.05, 0.1) is 0 Å². The van der Waals surface area contributed by atoms with Crippen molar-refractivity contribution in [3.8, 4) is 0 Å². The molecule has 2 rings (SSSR count). The Morgan fingerprint density at radius 3 is 2.67 bits per heavy atom. The predicted molar refractivity (Wildman–Crippen MR) is 56.3 cm³/mol. The van der Waals surface area contributed by atoms with Gasteiger partial charge in [-0.3, -0.25) is 9.69 Å². The fraction of sp³-hybridized carbons (Fsp3) is 0.818. The number of amides is 3. The maximum atomic E-state index is 12.1. The van der Waals surface area contributed by atoms with Crippen molar-refractivity contribution in [2.24, 2.45) is 5.92 Å². The van der Waals surface area contributed by atoms with Gasteiger partial charge >= 0.3 is 6.03 Å². The van der Waals surface area contributed by atoms with Crippen LogP contribution in [-0.4, -0.2) is 28.9 Å². The molecule has 1 saturated heterocycles. The highest BCUT2D eigenvalue weighted by molar-refractivity contribution is 6.07. The lowest BCUT2D eigenvalue weighted by Crippen LogP contribution is -2.46. The number of hydrogen-bond donors (Lipinski definition) is 1. The van der Waals surface area contributed by atoms with Crippen LogP contribution in [0.25, 0.3) is 0 Å². The van der Waals surface area contributed by atoms with Crippen LogP contribution in [0.5, 0.6) is 0 Å². The SMILES string of the molecule is CCCCN1C(=O)NC(C)(C2CC2)C1=O.